The minimum atomic E-state index is -0.786. The van der Waals surface area contributed by atoms with Crippen LogP contribution < -0.4 is 0 Å². The lowest BCUT2D eigenvalue weighted by Gasteiger charge is -2.33. The zero-order chi connectivity index (χ0) is 11.7. The van der Waals surface area contributed by atoms with Crippen LogP contribution in [0.25, 0.3) is 10.8 Å². The second-order valence-corrected chi connectivity index (χ2v) is 4.55. The fraction of sp³-hybridized carbons (Fsp3) is 0.357. The van der Waals surface area contributed by atoms with Crippen LogP contribution in [0.1, 0.15) is 18.4 Å². The van der Waals surface area contributed by atoms with Crippen molar-refractivity contribution in [2.45, 2.75) is 18.4 Å². The van der Waals surface area contributed by atoms with Gasteiger partial charge < -0.3 is 9.84 Å². The fourth-order valence-corrected chi connectivity index (χ4v) is 2.47. The van der Waals surface area contributed by atoms with Crippen molar-refractivity contribution in [1.82, 2.24) is 4.98 Å². The Morgan fingerprint density at radius 3 is 2.71 bits per heavy atom. The van der Waals surface area contributed by atoms with Crippen LogP contribution in [0.4, 0.5) is 0 Å². The molecule has 17 heavy (non-hydrogen) atoms. The van der Waals surface area contributed by atoms with Crippen LogP contribution in [0.15, 0.2) is 36.7 Å². The minimum absolute atomic E-state index is 0.611. The molecule has 3 heteroatoms. The van der Waals surface area contributed by atoms with Gasteiger partial charge in [-0.05, 0) is 5.39 Å². The second-order valence-electron chi connectivity index (χ2n) is 4.55. The van der Waals surface area contributed by atoms with Gasteiger partial charge in [-0.2, -0.15) is 0 Å². The molecular weight excluding hydrogens is 214 g/mol. The summed E-state index contributed by atoms with van der Waals surface area (Å²) in [6.07, 6.45) is 4.90. The monoisotopic (exact) mass is 229 g/mol. The van der Waals surface area contributed by atoms with Crippen LogP contribution in [0.2, 0.25) is 0 Å². The third-order valence-electron chi connectivity index (χ3n) is 3.49. The van der Waals surface area contributed by atoms with Crippen molar-refractivity contribution in [2.24, 2.45) is 0 Å². The zero-order valence-electron chi connectivity index (χ0n) is 9.60. The average Bonchev–Trinajstić information content (AvgIpc) is 2.39. The highest BCUT2D eigenvalue weighted by atomic mass is 16.5. The largest absolute Gasteiger partial charge is 0.385 e. The lowest BCUT2D eigenvalue weighted by molar-refractivity contribution is -0.0671. The summed E-state index contributed by atoms with van der Waals surface area (Å²) in [7, 11) is 0. The summed E-state index contributed by atoms with van der Waals surface area (Å²) in [6, 6.07) is 8.05. The molecule has 3 rings (SSSR count). The van der Waals surface area contributed by atoms with E-state index in [1.165, 1.54) is 0 Å². The molecule has 88 valence electrons. The first kappa shape index (κ1) is 10.7. The van der Waals surface area contributed by atoms with E-state index < -0.39 is 5.60 Å². The van der Waals surface area contributed by atoms with Crippen molar-refractivity contribution in [3.8, 4) is 0 Å². The Morgan fingerprint density at radius 2 is 1.88 bits per heavy atom. The molecule has 0 atom stereocenters. The second kappa shape index (κ2) is 4.09. The first-order valence-electron chi connectivity index (χ1n) is 5.93. The predicted octanol–water partition coefficient (Wildman–Crippen LogP) is 2.23. The Bertz CT molecular complexity index is 527. The van der Waals surface area contributed by atoms with Crippen molar-refractivity contribution in [1.29, 1.82) is 0 Å². The lowest BCUT2D eigenvalue weighted by atomic mass is 9.85. The number of fused-ring (bicyclic) bond motifs is 1. The Kier molecular flexibility index (Phi) is 2.57. The van der Waals surface area contributed by atoms with E-state index in [9.17, 15) is 5.11 Å². The van der Waals surface area contributed by atoms with Crippen LogP contribution in [-0.4, -0.2) is 23.3 Å². The molecule has 0 amide bonds. The molecule has 0 unspecified atom stereocenters. The molecule has 0 spiro atoms. The van der Waals surface area contributed by atoms with E-state index in [1.807, 2.05) is 30.5 Å². The first-order valence-corrected chi connectivity index (χ1v) is 5.93. The van der Waals surface area contributed by atoms with Crippen molar-refractivity contribution in [2.75, 3.05) is 13.2 Å². The number of ether oxygens (including phenoxy) is 1. The van der Waals surface area contributed by atoms with Crippen LogP contribution >= 0.6 is 0 Å². The van der Waals surface area contributed by atoms with Gasteiger partial charge in [0.15, 0.2) is 0 Å². The van der Waals surface area contributed by atoms with Crippen LogP contribution in [0.5, 0.6) is 0 Å². The fourth-order valence-electron chi connectivity index (χ4n) is 2.47. The van der Waals surface area contributed by atoms with Crippen molar-refractivity contribution in [3.05, 3.63) is 42.2 Å². The standard InChI is InChI=1S/C14H15NO2/c16-14(5-7-17-8-6-14)13-10-15-9-11-3-1-2-4-12(11)13/h1-4,9-10,16H,5-8H2. The van der Waals surface area contributed by atoms with Gasteiger partial charge in [-0.3, -0.25) is 4.98 Å². The maximum absolute atomic E-state index is 10.7. The van der Waals surface area contributed by atoms with Gasteiger partial charge in [0.05, 0.1) is 5.60 Å². The molecular formula is C14H15NO2. The van der Waals surface area contributed by atoms with Crippen LogP contribution in [0, 0.1) is 0 Å². The normalized spacial score (nSPS) is 19.4. The number of aliphatic hydroxyl groups is 1. The molecule has 0 aliphatic carbocycles. The number of benzene rings is 1. The van der Waals surface area contributed by atoms with Gasteiger partial charge in [-0.25, -0.2) is 0 Å². The summed E-state index contributed by atoms with van der Waals surface area (Å²) in [5.41, 5.74) is 0.144. The van der Waals surface area contributed by atoms with Gasteiger partial charge in [0.1, 0.15) is 0 Å². The predicted molar refractivity (Wildman–Crippen MR) is 65.7 cm³/mol. The van der Waals surface area contributed by atoms with E-state index in [2.05, 4.69) is 4.98 Å². The van der Waals surface area contributed by atoms with Crippen molar-refractivity contribution in [3.63, 3.8) is 0 Å². The van der Waals surface area contributed by atoms with Gasteiger partial charge >= 0.3 is 0 Å². The van der Waals surface area contributed by atoms with E-state index in [1.54, 1.807) is 6.20 Å². The van der Waals surface area contributed by atoms with Gasteiger partial charge in [-0.15, -0.1) is 0 Å². The number of hydrogen-bond acceptors (Lipinski definition) is 3. The number of aromatic nitrogens is 1. The quantitative estimate of drug-likeness (QED) is 0.815. The van der Waals surface area contributed by atoms with E-state index in [0.29, 0.717) is 26.1 Å². The zero-order valence-corrected chi connectivity index (χ0v) is 9.60. The van der Waals surface area contributed by atoms with Gasteiger partial charge in [0, 0.05) is 49.4 Å². The maximum atomic E-state index is 10.7. The minimum Gasteiger partial charge on any atom is -0.385 e. The molecule has 1 aliphatic heterocycles. The smallest absolute Gasteiger partial charge is 0.0961 e. The Balaban J connectivity index is 2.16. The van der Waals surface area contributed by atoms with E-state index in [4.69, 9.17) is 4.74 Å². The van der Waals surface area contributed by atoms with Crippen molar-refractivity contribution < 1.29 is 9.84 Å². The Morgan fingerprint density at radius 1 is 1.12 bits per heavy atom. The molecule has 0 radical (unpaired) electrons. The Hall–Kier alpha value is -1.45. The van der Waals surface area contributed by atoms with E-state index >= 15 is 0 Å². The van der Waals surface area contributed by atoms with Crippen LogP contribution in [0.3, 0.4) is 0 Å². The molecule has 2 aromatic rings. The lowest BCUT2D eigenvalue weighted by Crippen LogP contribution is -2.33. The molecule has 1 fully saturated rings. The van der Waals surface area contributed by atoms with E-state index in [0.717, 1.165) is 16.3 Å². The molecule has 3 nitrogen and oxygen atoms in total. The molecule has 1 saturated heterocycles. The highest BCUT2D eigenvalue weighted by molar-refractivity contribution is 5.85. The summed E-state index contributed by atoms with van der Waals surface area (Å²) >= 11 is 0. The molecule has 1 aliphatic rings. The topological polar surface area (TPSA) is 42.4 Å². The van der Waals surface area contributed by atoms with E-state index in [-0.39, 0.29) is 0 Å². The molecule has 2 heterocycles. The SMILES string of the molecule is OC1(c2cncc3ccccc23)CCOCC1. The van der Waals surface area contributed by atoms with Gasteiger partial charge in [0.25, 0.3) is 0 Å². The summed E-state index contributed by atoms with van der Waals surface area (Å²) < 4.78 is 5.32. The molecule has 1 N–H and O–H groups in total. The highest BCUT2D eigenvalue weighted by Crippen LogP contribution is 2.35. The van der Waals surface area contributed by atoms with Crippen LogP contribution in [-0.2, 0) is 10.3 Å². The first-order chi connectivity index (χ1) is 8.30. The summed E-state index contributed by atoms with van der Waals surface area (Å²) in [4.78, 5) is 4.23. The average molecular weight is 229 g/mol. The summed E-state index contributed by atoms with van der Waals surface area (Å²) in [5.74, 6) is 0. The maximum Gasteiger partial charge on any atom is 0.0961 e. The molecule has 1 aromatic carbocycles. The van der Waals surface area contributed by atoms with Crippen molar-refractivity contribution >= 4 is 10.8 Å². The molecule has 0 bridgehead atoms. The number of hydrogen-bond donors (Lipinski definition) is 1. The third-order valence-corrected chi connectivity index (χ3v) is 3.49. The summed E-state index contributed by atoms with van der Waals surface area (Å²) in [5, 5.41) is 12.9. The third kappa shape index (κ3) is 1.81. The number of rotatable bonds is 1. The number of pyridine rings is 1. The number of nitrogens with zero attached hydrogens (tertiary/aromatic N) is 1. The highest BCUT2D eigenvalue weighted by Gasteiger charge is 2.33. The van der Waals surface area contributed by atoms with Gasteiger partial charge in [0.2, 0.25) is 0 Å². The van der Waals surface area contributed by atoms with Gasteiger partial charge in [-0.1, -0.05) is 24.3 Å². The Labute approximate surface area is 100 Å². The molecule has 1 aromatic heterocycles. The summed E-state index contributed by atoms with van der Waals surface area (Å²) in [6.45, 7) is 1.22. The molecule has 0 saturated carbocycles.